The number of carbonyl (C=O) groups excluding carboxylic acids is 1. The maximum atomic E-state index is 13.4. The Labute approximate surface area is 173 Å². The molecule has 6 nitrogen and oxygen atoms in total. The molecule has 11 heteroatoms. The molecule has 1 aliphatic rings. The highest BCUT2D eigenvalue weighted by Crippen LogP contribution is 2.28. The van der Waals surface area contributed by atoms with E-state index >= 15 is 0 Å². The van der Waals surface area contributed by atoms with Gasteiger partial charge in [-0.15, -0.1) is 0 Å². The Kier molecular flexibility index (Phi) is 5.38. The number of hydrogen-bond acceptors (Lipinski definition) is 3. The second-order valence-corrected chi connectivity index (χ2v) is 7.48. The van der Waals surface area contributed by atoms with Crippen LogP contribution in [0.4, 0.5) is 27.8 Å². The summed E-state index contributed by atoms with van der Waals surface area (Å²) in [6.45, 7) is 0.932. The number of hydrogen-bond donors (Lipinski definition) is 2. The van der Waals surface area contributed by atoms with E-state index in [4.69, 9.17) is 0 Å². The first-order chi connectivity index (χ1) is 14.6. The van der Waals surface area contributed by atoms with Crippen molar-refractivity contribution in [3.05, 3.63) is 59.8 Å². The molecule has 0 aliphatic carbocycles. The molecule has 0 spiro atoms. The third-order valence-corrected chi connectivity index (χ3v) is 5.21. The molecule has 1 aliphatic heterocycles. The van der Waals surface area contributed by atoms with Gasteiger partial charge in [0.1, 0.15) is 23.8 Å². The van der Waals surface area contributed by atoms with Crippen LogP contribution in [0.25, 0.3) is 5.52 Å². The van der Waals surface area contributed by atoms with Crippen molar-refractivity contribution in [2.75, 3.05) is 18.4 Å². The standard InChI is InChI=1S/C20H18F5N5O/c21-19(22)7-10-29(11-8-19)12-13-14-4-1-2-9-30(14)17(26-13)18(31)28-16-6-3-5-15(27-16)20(23,24)25/h1-6,9H,7-8,10-12H2,(H,27,28,31)/p+1. The maximum Gasteiger partial charge on any atom is 0.433 e. The third-order valence-electron chi connectivity index (χ3n) is 5.21. The number of piperidine rings is 1. The fraction of sp³-hybridized carbons (Fsp3) is 0.350. The van der Waals surface area contributed by atoms with E-state index in [0.717, 1.165) is 17.0 Å². The summed E-state index contributed by atoms with van der Waals surface area (Å²) in [5, 5.41) is 2.35. The molecule has 164 valence electrons. The zero-order chi connectivity index (χ0) is 22.2. The zero-order valence-corrected chi connectivity index (χ0v) is 16.2. The van der Waals surface area contributed by atoms with Gasteiger partial charge in [-0.05, 0) is 24.3 Å². The first-order valence-corrected chi connectivity index (χ1v) is 9.65. The van der Waals surface area contributed by atoms with Gasteiger partial charge in [-0.2, -0.15) is 13.2 Å². The summed E-state index contributed by atoms with van der Waals surface area (Å²) < 4.78 is 67.0. The van der Waals surface area contributed by atoms with Crippen LogP contribution in [0.1, 0.15) is 34.8 Å². The van der Waals surface area contributed by atoms with E-state index < -0.39 is 23.7 Å². The second kappa shape index (κ2) is 7.88. The molecular formula is C20H19F5N5O+. The predicted octanol–water partition coefficient (Wildman–Crippen LogP) is 2.81. The van der Waals surface area contributed by atoms with Crippen LogP contribution in [0.15, 0.2) is 42.6 Å². The highest BCUT2D eigenvalue weighted by molar-refractivity contribution is 6.02. The number of anilines is 1. The van der Waals surface area contributed by atoms with Gasteiger partial charge >= 0.3 is 6.18 Å². The van der Waals surface area contributed by atoms with Crippen molar-refractivity contribution >= 4 is 17.2 Å². The molecule has 0 atom stereocenters. The van der Waals surface area contributed by atoms with Gasteiger partial charge < -0.3 is 10.2 Å². The van der Waals surface area contributed by atoms with Crippen LogP contribution in [0, 0.1) is 0 Å². The summed E-state index contributed by atoms with van der Waals surface area (Å²) in [5.41, 5.74) is 0.0712. The van der Waals surface area contributed by atoms with Crippen LogP contribution >= 0.6 is 0 Å². The van der Waals surface area contributed by atoms with Gasteiger partial charge in [0, 0.05) is 6.20 Å². The average molecular weight is 440 g/mol. The number of imidazole rings is 1. The number of likely N-dealkylation sites (tertiary alicyclic amines) is 1. The summed E-state index contributed by atoms with van der Waals surface area (Å²) in [4.78, 5) is 21.5. The Balaban J connectivity index is 1.58. The lowest BCUT2D eigenvalue weighted by molar-refractivity contribution is -0.921. The molecule has 0 radical (unpaired) electrons. The van der Waals surface area contributed by atoms with Gasteiger partial charge in [-0.3, -0.25) is 9.20 Å². The highest BCUT2D eigenvalue weighted by Gasteiger charge is 2.37. The number of fused-ring (bicyclic) bond motifs is 1. The number of carbonyl (C=O) groups is 1. The van der Waals surface area contributed by atoms with Gasteiger partial charge in [-0.1, -0.05) is 12.1 Å². The summed E-state index contributed by atoms with van der Waals surface area (Å²) in [5.74, 6) is -3.65. The van der Waals surface area contributed by atoms with E-state index in [-0.39, 0.29) is 37.6 Å². The van der Waals surface area contributed by atoms with Gasteiger partial charge in [0.05, 0.1) is 31.4 Å². The fourth-order valence-electron chi connectivity index (χ4n) is 3.61. The van der Waals surface area contributed by atoms with E-state index in [1.165, 1.54) is 10.5 Å². The maximum absolute atomic E-state index is 13.4. The smallest absolute Gasteiger partial charge is 0.329 e. The highest BCUT2D eigenvalue weighted by atomic mass is 19.4. The van der Waals surface area contributed by atoms with Gasteiger partial charge in [-0.25, -0.2) is 18.7 Å². The van der Waals surface area contributed by atoms with Crippen LogP contribution in [0.3, 0.4) is 0 Å². The molecule has 4 rings (SSSR count). The SMILES string of the molecule is O=C(Nc1cccc(C(F)(F)F)n1)c1nc(C[NH+]2CCC(F)(F)CC2)c2ccccn12. The van der Waals surface area contributed by atoms with E-state index in [9.17, 15) is 26.7 Å². The number of nitrogens with zero attached hydrogens (tertiary/aromatic N) is 3. The fourth-order valence-corrected chi connectivity index (χ4v) is 3.61. The van der Waals surface area contributed by atoms with E-state index in [2.05, 4.69) is 15.3 Å². The first-order valence-electron chi connectivity index (χ1n) is 9.65. The lowest BCUT2D eigenvalue weighted by Crippen LogP contribution is -3.12. The van der Waals surface area contributed by atoms with Crippen LogP contribution in [0.5, 0.6) is 0 Å². The van der Waals surface area contributed by atoms with Crippen LogP contribution in [-0.2, 0) is 12.7 Å². The van der Waals surface area contributed by atoms with Gasteiger partial charge in [0.25, 0.3) is 11.8 Å². The van der Waals surface area contributed by atoms with Crippen molar-refractivity contribution in [1.82, 2.24) is 14.4 Å². The van der Waals surface area contributed by atoms with Crippen LogP contribution in [-0.4, -0.2) is 39.3 Å². The minimum absolute atomic E-state index is 0.0217. The van der Waals surface area contributed by atoms with Crippen molar-refractivity contribution in [1.29, 1.82) is 0 Å². The van der Waals surface area contributed by atoms with Crippen LogP contribution < -0.4 is 10.2 Å². The number of quaternary nitrogens is 1. The summed E-state index contributed by atoms with van der Waals surface area (Å²) >= 11 is 0. The minimum atomic E-state index is -4.64. The number of nitrogens with one attached hydrogen (secondary N) is 2. The van der Waals surface area contributed by atoms with Crippen molar-refractivity contribution in [2.45, 2.75) is 31.5 Å². The topological polar surface area (TPSA) is 63.7 Å². The Morgan fingerprint density at radius 1 is 1.10 bits per heavy atom. The van der Waals surface area contributed by atoms with Crippen molar-refractivity contribution in [2.24, 2.45) is 0 Å². The molecule has 1 amide bonds. The molecule has 2 N–H and O–H groups in total. The molecule has 0 bridgehead atoms. The summed E-state index contributed by atoms with van der Waals surface area (Å²) in [6.07, 6.45) is -3.44. The lowest BCUT2D eigenvalue weighted by atomic mass is 10.1. The van der Waals surface area contributed by atoms with Gasteiger partial charge in [0.15, 0.2) is 0 Å². The second-order valence-electron chi connectivity index (χ2n) is 7.48. The number of alkyl halides is 5. The molecule has 0 unspecified atom stereocenters. The van der Waals surface area contributed by atoms with Crippen molar-refractivity contribution in [3.63, 3.8) is 0 Å². The van der Waals surface area contributed by atoms with E-state index in [1.807, 2.05) is 0 Å². The summed E-state index contributed by atoms with van der Waals surface area (Å²) in [7, 11) is 0. The third kappa shape index (κ3) is 4.66. The molecule has 0 saturated carbocycles. The normalized spacial score (nSPS) is 17.1. The van der Waals surface area contributed by atoms with Crippen molar-refractivity contribution < 1.29 is 31.6 Å². The molecule has 4 heterocycles. The number of aromatic nitrogens is 3. The molecule has 0 aromatic carbocycles. The van der Waals surface area contributed by atoms with Crippen molar-refractivity contribution in [3.8, 4) is 0 Å². The minimum Gasteiger partial charge on any atom is -0.329 e. The average Bonchev–Trinajstić information content (AvgIpc) is 3.08. The van der Waals surface area contributed by atoms with Gasteiger partial charge in [0.2, 0.25) is 5.82 Å². The molecule has 3 aromatic rings. The lowest BCUT2D eigenvalue weighted by Gasteiger charge is -2.28. The summed E-state index contributed by atoms with van der Waals surface area (Å²) in [6, 6.07) is 8.41. The zero-order valence-electron chi connectivity index (χ0n) is 16.2. The number of rotatable bonds is 4. The number of halogens is 5. The largest absolute Gasteiger partial charge is 0.433 e. The van der Waals surface area contributed by atoms with E-state index in [1.54, 1.807) is 24.4 Å². The first kappa shape index (κ1) is 21.2. The number of amides is 1. The molecule has 3 aromatic heterocycles. The Morgan fingerprint density at radius 3 is 2.55 bits per heavy atom. The molecule has 1 fully saturated rings. The quantitative estimate of drug-likeness (QED) is 0.614. The van der Waals surface area contributed by atoms with Crippen LogP contribution in [0.2, 0.25) is 0 Å². The Hall–Kier alpha value is -3.08. The number of pyridine rings is 2. The Bertz CT molecular complexity index is 1100. The monoisotopic (exact) mass is 440 g/mol. The predicted molar refractivity (Wildman–Crippen MR) is 101 cm³/mol. The molecule has 31 heavy (non-hydrogen) atoms. The molecular weight excluding hydrogens is 421 g/mol. The van der Waals surface area contributed by atoms with E-state index in [0.29, 0.717) is 17.8 Å². The molecule has 1 saturated heterocycles. The Morgan fingerprint density at radius 2 is 1.84 bits per heavy atom.